The number of nitrogens with zero attached hydrogens (tertiary/aromatic N) is 1. The number of fused-ring (bicyclic) bond motifs is 1. The van der Waals surface area contributed by atoms with Crippen LogP contribution < -0.4 is 10.1 Å². The summed E-state index contributed by atoms with van der Waals surface area (Å²) in [6.07, 6.45) is -8.13. The number of likely N-dealkylation sites (N-methyl/N-ethyl adjacent to an activating group) is 1. The molecule has 17 heteroatoms. The van der Waals surface area contributed by atoms with E-state index in [9.17, 15) is 52.8 Å². The molecule has 5 N–H and O–H groups in total. The highest BCUT2D eigenvalue weighted by Gasteiger charge is 2.69. The number of hydrogen-bond acceptors (Lipinski definition) is 12. The molecule has 0 radical (unpaired) electrons. The molecule has 1 spiro atoms. The first-order chi connectivity index (χ1) is 22.2. The highest BCUT2D eigenvalue weighted by Crippen LogP contribution is 2.61. The average molecular weight is 705 g/mol. The minimum absolute atomic E-state index is 0. The molecule has 1 saturated heterocycles. The Morgan fingerprint density at radius 1 is 1.22 bits per heavy atom. The summed E-state index contributed by atoms with van der Waals surface area (Å²) in [5.41, 5.74) is -0.126. The molecule has 3 aliphatic rings. The van der Waals surface area contributed by atoms with Crippen molar-refractivity contribution in [2.75, 3.05) is 13.6 Å². The number of hydrogen-bond donors (Lipinski definition) is 5. The monoisotopic (exact) mass is 704 g/mol. The van der Waals surface area contributed by atoms with Gasteiger partial charge in [0.1, 0.15) is 23.7 Å². The van der Waals surface area contributed by atoms with Gasteiger partial charge in [-0.2, -0.15) is 13.2 Å². The number of halogens is 3. The maximum absolute atomic E-state index is 13.1. The summed E-state index contributed by atoms with van der Waals surface area (Å²) in [6.45, 7) is 6.57. The van der Waals surface area contributed by atoms with Gasteiger partial charge in [-0.15, -0.1) is 0 Å². The summed E-state index contributed by atoms with van der Waals surface area (Å²) < 4.78 is 48.5. The van der Waals surface area contributed by atoms with E-state index < -0.39 is 78.1 Å². The lowest BCUT2D eigenvalue weighted by molar-refractivity contribution is -0.172. The van der Waals surface area contributed by atoms with E-state index >= 15 is 0 Å². The fourth-order valence-electron chi connectivity index (χ4n) is 6.35. The van der Waals surface area contributed by atoms with Gasteiger partial charge < -0.3 is 44.9 Å². The second-order valence-electron chi connectivity index (χ2n) is 12.0. The average Bonchev–Trinajstić information content (AvgIpc) is 3.37. The highest BCUT2D eigenvalue weighted by atomic mass is 19.4. The lowest BCUT2D eigenvalue weighted by Crippen LogP contribution is -2.71. The Hall–Kier alpha value is -4.06. The van der Waals surface area contributed by atoms with Crippen LogP contribution in [0.3, 0.4) is 0 Å². The molecule has 1 aromatic rings. The number of esters is 2. The van der Waals surface area contributed by atoms with Crippen LogP contribution in [-0.2, 0) is 45.5 Å². The Kier molecular flexibility index (Phi) is 13.1. The van der Waals surface area contributed by atoms with Gasteiger partial charge in [0.2, 0.25) is 12.2 Å². The first-order valence-corrected chi connectivity index (χ1v) is 14.9. The number of likely N-dealkylation sites (tertiary alicyclic amines) is 1. The molecule has 1 aliphatic carbocycles. The molecule has 1 fully saturated rings. The summed E-state index contributed by atoms with van der Waals surface area (Å²) in [4.78, 5) is 59.5. The summed E-state index contributed by atoms with van der Waals surface area (Å²) in [5.74, 6) is -3.96. The zero-order chi connectivity index (χ0) is 36.4. The summed E-state index contributed by atoms with van der Waals surface area (Å²) in [6, 6.07) is 1.66. The number of piperidine rings is 1. The molecule has 0 aromatic heterocycles. The van der Waals surface area contributed by atoms with Crippen molar-refractivity contribution in [1.29, 1.82) is 0 Å². The third-order valence-electron chi connectivity index (χ3n) is 8.96. The van der Waals surface area contributed by atoms with Gasteiger partial charge in [-0.05, 0) is 59.3 Å². The fourth-order valence-corrected chi connectivity index (χ4v) is 6.35. The van der Waals surface area contributed by atoms with Crippen molar-refractivity contribution in [3.8, 4) is 5.75 Å². The third kappa shape index (κ3) is 8.22. The number of carboxylic acid groups (broad SMARTS) is 1. The second-order valence-corrected chi connectivity index (χ2v) is 12.0. The number of nitrogens with one attached hydrogen (secondary N) is 1. The Labute approximate surface area is 280 Å². The Balaban J connectivity index is 0.00000109. The molecule has 1 aromatic carbocycles. The summed E-state index contributed by atoms with van der Waals surface area (Å²) in [7, 11) is 1.93. The number of aldehydes is 1. The third-order valence-corrected chi connectivity index (χ3v) is 8.96. The van der Waals surface area contributed by atoms with Gasteiger partial charge in [-0.3, -0.25) is 14.4 Å². The lowest BCUT2D eigenvalue weighted by Gasteiger charge is -2.58. The summed E-state index contributed by atoms with van der Waals surface area (Å²) in [5, 5.41) is 43.0. The number of carboxylic acids is 1. The molecule has 2 aliphatic heterocycles. The molecule has 0 saturated carbocycles. The number of carbonyl (C=O) groups excluding carboxylic acids is 4. The molecule has 2 heterocycles. The lowest BCUT2D eigenvalue weighted by atomic mass is 9.54. The standard InChI is InChI=1S/C29H38N2O11.C2HF3O.CH4/c1-14-6-7-18(13-32)23-22(14)28-10-11-31(5)17(4)29(28,39)9-8-20(24(28)42-23)41-27(38)16(3)40-21(34)12-19(26(36)37)30-25(35)15(2)33;3-2(4,5)1-6;/h6-8,15-17,19,24,32-33,39H,9-13H2,1-5H3,(H,30,35)(H,36,37);1H;1H4/t15-,16-,17+,19-,24-,28-,29+;;/m0../s1. The predicted octanol–water partition coefficient (Wildman–Crippen LogP) is 1.43. The summed E-state index contributed by atoms with van der Waals surface area (Å²) >= 11 is 0. The molecule has 14 nitrogen and oxygen atoms in total. The maximum atomic E-state index is 13.1. The number of aliphatic hydroxyl groups excluding tert-OH is 2. The van der Waals surface area contributed by atoms with E-state index in [2.05, 4.69) is 4.90 Å². The minimum atomic E-state index is -4.64. The zero-order valence-corrected chi connectivity index (χ0v) is 26.9. The van der Waals surface area contributed by atoms with Crippen LogP contribution in [0.1, 0.15) is 64.2 Å². The van der Waals surface area contributed by atoms with Crippen LogP contribution in [0, 0.1) is 6.92 Å². The normalized spacial score (nSPS) is 25.8. The van der Waals surface area contributed by atoms with Crippen molar-refractivity contribution >= 4 is 30.1 Å². The van der Waals surface area contributed by atoms with Crippen LogP contribution in [0.2, 0.25) is 0 Å². The number of aliphatic carboxylic acids is 1. The van der Waals surface area contributed by atoms with Gasteiger partial charge in [0.05, 0.1) is 24.0 Å². The predicted molar refractivity (Wildman–Crippen MR) is 164 cm³/mol. The van der Waals surface area contributed by atoms with Crippen LogP contribution in [0.5, 0.6) is 5.75 Å². The molecule has 4 rings (SSSR count). The molecule has 1 amide bonds. The van der Waals surface area contributed by atoms with Gasteiger partial charge in [-0.25, -0.2) is 9.59 Å². The highest BCUT2D eigenvalue weighted by molar-refractivity contribution is 5.89. The maximum Gasteiger partial charge on any atom is 0.446 e. The van der Waals surface area contributed by atoms with Crippen LogP contribution in [0.15, 0.2) is 24.0 Å². The number of amides is 1. The second kappa shape index (κ2) is 15.7. The molecule has 0 unspecified atom stereocenters. The number of benzene rings is 1. The number of ether oxygens (including phenoxy) is 3. The number of aliphatic hydroxyl groups is 3. The zero-order valence-electron chi connectivity index (χ0n) is 26.9. The van der Waals surface area contributed by atoms with E-state index in [-0.39, 0.29) is 32.3 Å². The van der Waals surface area contributed by atoms with Crippen molar-refractivity contribution in [2.45, 2.75) is 109 Å². The molecular formula is C32H43F3N2O12. The van der Waals surface area contributed by atoms with E-state index in [0.717, 1.165) is 18.1 Å². The number of rotatable bonds is 9. The van der Waals surface area contributed by atoms with Crippen molar-refractivity contribution in [3.63, 3.8) is 0 Å². The van der Waals surface area contributed by atoms with Crippen LogP contribution in [0.25, 0.3) is 0 Å². The molecule has 0 bridgehead atoms. The SMILES string of the molecule is C.Cc1ccc(CO)c2c1[C@]13CCN(C)[C@H](C)[C@]1(O)CC=C(OC(=O)[C@H](C)OC(=O)C[C@H](NC(=O)[C@H](C)O)C(=O)O)[C@@H]3O2.O=CC(F)(F)F. The molecule has 49 heavy (non-hydrogen) atoms. The van der Waals surface area contributed by atoms with E-state index in [0.29, 0.717) is 24.3 Å². The van der Waals surface area contributed by atoms with Gasteiger partial charge >= 0.3 is 24.1 Å². The van der Waals surface area contributed by atoms with E-state index in [1.165, 1.54) is 6.92 Å². The Morgan fingerprint density at radius 2 is 1.84 bits per heavy atom. The largest absolute Gasteiger partial charge is 0.481 e. The van der Waals surface area contributed by atoms with E-state index in [4.69, 9.17) is 19.0 Å². The quantitative estimate of drug-likeness (QED) is 0.182. The van der Waals surface area contributed by atoms with Gasteiger partial charge in [0, 0.05) is 23.6 Å². The number of carbonyl (C=O) groups is 5. The fraction of sp³-hybridized carbons (Fsp3) is 0.594. The first-order valence-electron chi connectivity index (χ1n) is 14.9. The first kappa shape index (κ1) is 41.1. The van der Waals surface area contributed by atoms with Crippen molar-refractivity contribution in [2.24, 2.45) is 0 Å². The van der Waals surface area contributed by atoms with Gasteiger partial charge in [0.25, 0.3) is 0 Å². The topological polar surface area (TPSA) is 209 Å². The van der Waals surface area contributed by atoms with Crippen molar-refractivity contribution in [1.82, 2.24) is 10.2 Å². The van der Waals surface area contributed by atoms with Gasteiger partial charge in [-0.1, -0.05) is 19.6 Å². The Morgan fingerprint density at radius 3 is 2.37 bits per heavy atom. The molecule has 7 atom stereocenters. The van der Waals surface area contributed by atoms with Crippen LogP contribution >= 0.6 is 0 Å². The number of alkyl halides is 3. The van der Waals surface area contributed by atoms with Crippen LogP contribution in [-0.4, -0.2) is 111 Å². The van der Waals surface area contributed by atoms with E-state index in [1.54, 1.807) is 12.1 Å². The van der Waals surface area contributed by atoms with Crippen LogP contribution in [0.4, 0.5) is 13.2 Å². The number of aryl methyl sites for hydroxylation is 1. The smallest absolute Gasteiger partial charge is 0.446 e. The molecular weight excluding hydrogens is 661 g/mol. The molecule has 274 valence electrons. The van der Waals surface area contributed by atoms with Crippen molar-refractivity contribution in [3.05, 3.63) is 40.7 Å². The van der Waals surface area contributed by atoms with Crippen molar-refractivity contribution < 1.29 is 71.8 Å². The van der Waals surface area contributed by atoms with E-state index in [1.807, 2.05) is 32.3 Å². The minimum Gasteiger partial charge on any atom is -0.481 e. The Bertz CT molecular complexity index is 1470. The van der Waals surface area contributed by atoms with Gasteiger partial charge in [0.15, 0.2) is 12.2 Å².